The van der Waals surface area contributed by atoms with Gasteiger partial charge in [-0.1, -0.05) is 12.1 Å². The lowest BCUT2D eigenvalue weighted by atomic mass is 9.79. The fraction of sp³-hybridized carbons (Fsp3) is 0.455. The van der Waals surface area contributed by atoms with Gasteiger partial charge in [0, 0.05) is 5.25 Å². The quantitative estimate of drug-likeness (QED) is 0.712. The summed E-state index contributed by atoms with van der Waals surface area (Å²) in [7, 11) is 1.71. The van der Waals surface area contributed by atoms with Crippen LogP contribution in [-0.4, -0.2) is 12.4 Å². The molecular formula is C11H14OS. The van der Waals surface area contributed by atoms with Crippen LogP contribution in [0.2, 0.25) is 0 Å². The van der Waals surface area contributed by atoms with Crippen LogP contribution in [-0.2, 0) is 0 Å². The van der Waals surface area contributed by atoms with Gasteiger partial charge in [-0.15, -0.1) is 0 Å². The van der Waals surface area contributed by atoms with E-state index in [1.165, 1.54) is 18.4 Å². The molecule has 1 aliphatic rings. The summed E-state index contributed by atoms with van der Waals surface area (Å²) in [6.07, 6.45) is 2.41. The Hall–Kier alpha value is -0.630. The van der Waals surface area contributed by atoms with E-state index in [0.717, 1.165) is 5.75 Å². The number of rotatable bonds is 2. The molecule has 70 valence electrons. The molecule has 0 bridgehead atoms. The van der Waals surface area contributed by atoms with E-state index in [2.05, 4.69) is 30.8 Å². The monoisotopic (exact) mass is 194 g/mol. The molecule has 0 saturated heterocycles. The molecule has 1 aromatic carbocycles. The van der Waals surface area contributed by atoms with Crippen LogP contribution in [0.1, 0.15) is 24.3 Å². The third-order valence-electron chi connectivity index (χ3n) is 2.68. The first-order valence-corrected chi connectivity index (χ1v) is 5.13. The van der Waals surface area contributed by atoms with Gasteiger partial charge in [0.1, 0.15) is 5.75 Å². The molecule has 0 amide bonds. The Morgan fingerprint density at radius 3 is 2.77 bits per heavy atom. The second kappa shape index (κ2) is 3.62. The van der Waals surface area contributed by atoms with Crippen LogP contribution in [0.5, 0.6) is 5.75 Å². The van der Waals surface area contributed by atoms with Crippen molar-refractivity contribution in [1.29, 1.82) is 0 Å². The lowest BCUT2D eigenvalue weighted by molar-refractivity contribution is 0.407. The lowest BCUT2D eigenvalue weighted by Gasteiger charge is -2.32. The van der Waals surface area contributed by atoms with E-state index in [1.807, 2.05) is 6.07 Å². The predicted molar refractivity (Wildman–Crippen MR) is 57.7 cm³/mol. The lowest BCUT2D eigenvalue weighted by Crippen LogP contribution is -2.21. The Morgan fingerprint density at radius 1 is 1.38 bits per heavy atom. The van der Waals surface area contributed by atoms with E-state index in [9.17, 15) is 0 Å². The molecule has 1 nitrogen and oxygen atoms in total. The fourth-order valence-corrected chi connectivity index (χ4v) is 2.26. The number of hydrogen-bond acceptors (Lipinski definition) is 2. The highest BCUT2D eigenvalue weighted by Crippen LogP contribution is 2.40. The fourth-order valence-electron chi connectivity index (χ4n) is 1.76. The minimum absolute atomic E-state index is 0.608. The summed E-state index contributed by atoms with van der Waals surface area (Å²) in [6.45, 7) is 0. The van der Waals surface area contributed by atoms with E-state index >= 15 is 0 Å². The van der Waals surface area contributed by atoms with Gasteiger partial charge in [-0.3, -0.25) is 0 Å². The molecule has 1 aromatic rings. The van der Waals surface area contributed by atoms with Crippen molar-refractivity contribution in [3.05, 3.63) is 29.8 Å². The maximum Gasteiger partial charge on any atom is 0.119 e. The summed E-state index contributed by atoms with van der Waals surface area (Å²) in [5.74, 6) is 1.66. The summed E-state index contributed by atoms with van der Waals surface area (Å²) >= 11 is 4.41. The minimum Gasteiger partial charge on any atom is -0.497 e. The Balaban J connectivity index is 2.12. The first kappa shape index (κ1) is 8.95. The van der Waals surface area contributed by atoms with Crippen LogP contribution in [0, 0.1) is 0 Å². The van der Waals surface area contributed by atoms with Crippen molar-refractivity contribution in [3.8, 4) is 5.75 Å². The van der Waals surface area contributed by atoms with Crippen molar-refractivity contribution in [3.63, 3.8) is 0 Å². The normalized spacial score (nSPS) is 26.6. The number of methoxy groups -OCH3 is 1. The summed E-state index contributed by atoms with van der Waals surface area (Å²) in [4.78, 5) is 0. The summed E-state index contributed by atoms with van der Waals surface area (Å²) in [5, 5.41) is 0.608. The SMILES string of the molecule is COc1cccc(C2CC(S)C2)c1. The zero-order chi connectivity index (χ0) is 9.26. The van der Waals surface area contributed by atoms with Gasteiger partial charge >= 0.3 is 0 Å². The van der Waals surface area contributed by atoms with Crippen molar-refractivity contribution >= 4 is 12.6 Å². The van der Waals surface area contributed by atoms with Crippen molar-refractivity contribution in [1.82, 2.24) is 0 Å². The number of benzene rings is 1. The van der Waals surface area contributed by atoms with Crippen molar-refractivity contribution in [2.75, 3.05) is 7.11 Å². The first-order valence-electron chi connectivity index (χ1n) is 4.61. The largest absolute Gasteiger partial charge is 0.497 e. The zero-order valence-electron chi connectivity index (χ0n) is 7.73. The van der Waals surface area contributed by atoms with Gasteiger partial charge in [-0.25, -0.2) is 0 Å². The molecule has 0 aromatic heterocycles. The third kappa shape index (κ3) is 1.83. The van der Waals surface area contributed by atoms with Gasteiger partial charge in [-0.05, 0) is 36.5 Å². The maximum absolute atomic E-state index is 5.18. The van der Waals surface area contributed by atoms with Gasteiger partial charge in [0.25, 0.3) is 0 Å². The van der Waals surface area contributed by atoms with E-state index in [4.69, 9.17) is 4.74 Å². The molecule has 2 rings (SSSR count). The standard InChI is InChI=1S/C11H14OS/c1-12-10-4-2-3-8(5-10)9-6-11(13)7-9/h2-5,9,11,13H,6-7H2,1H3. The average Bonchev–Trinajstić information content (AvgIpc) is 2.13. The second-order valence-electron chi connectivity index (χ2n) is 3.60. The highest BCUT2D eigenvalue weighted by molar-refractivity contribution is 7.81. The maximum atomic E-state index is 5.18. The summed E-state index contributed by atoms with van der Waals surface area (Å²) in [5.41, 5.74) is 1.39. The van der Waals surface area contributed by atoms with E-state index in [0.29, 0.717) is 11.2 Å². The van der Waals surface area contributed by atoms with Crippen LogP contribution in [0.25, 0.3) is 0 Å². The molecule has 0 spiro atoms. The first-order chi connectivity index (χ1) is 6.29. The summed E-state index contributed by atoms with van der Waals surface area (Å²) in [6, 6.07) is 8.34. The van der Waals surface area contributed by atoms with Gasteiger partial charge in [-0.2, -0.15) is 12.6 Å². The molecule has 1 fully saturated rings. The van der Waals surface area contributed by atoms with Crippen LogP contribution in [0.15, 0.2) is 24.3 Å². The van der Waals surface area contributed by atoms with Crippen molar-refractivity contribution < 1.29 is 4.74 Å². The Bertz CT molecular complexity index is 292. The molecule has 0 radical (unpaired) electrons. The van der Waals surface area contributed by atoms with E-state index in [1.54, 1.807) is 7.11 Å². The number of hydrogen-bond donors (Lipinski definition) is 1. The van der Waals surface area contributed by atoms with Crippen LogP contribution in [0.4, 0.5) is 0 Å². The Kier molecular flexibility index (Phi) is 2.49. The molecule has 0 aliphatic heterocycles. The molecule has 13 heavy (non-hydrogen) atoms. The molecule has 2 heteroatoms. The van der Waals surface area contributed by atoms with Crippen molar-refractivity contribution in [2.45, 2.75) is 24.0 Å². The smallest absolute Gasteiger partial charge is 0.119 e. The zero-order valence-corrected chi connectivity index (χ0v) is 8.63. The predicted octanol–water partition coefficient (Wildman–Crippen LogP) is 2.87. The average molecular weight is 194 g/mol. The third-order valence-corrected chi connectivity index (χ3v) is 3.10. The molecule has 1 saturated carbocycles. The molecule has 1 aliphatic carbocycles. The molecular weight excluding hydrogens is 180 g/mol. The van der Waals surface area contributed by atoms with Crippen LogP contribution >= 0.6 is 12.6 Å². The highest BCUT2D eigenvalue weighted by Gasteiger charge is 2.27. The van der Waals surface area contributed by atoms with Gasteiger partial charge < -0.3 is 4.74 Å². The van der Waals surface area contributed by atoms with Crippen LogP contribution < -0.4 is 4.74 Å². The van der Waals surface area contributed by atoms with Gasteiger partial charge in [0.15, 0.2) is 0 Å². The van der Waals surface area contributed by atoms with E-state index in [-0.39, 0.29) is 0 Å². The van der Waals surface area contributed by atoms with Gasteiger partial charge in [0.2, 0.25) is 0 Å². The second-order valence-corrected chi connectivity index (χ2v) is 4.33. The Labute approximate surface area is 84.5 Å². The summed E-state index contributed by atoms with van der Waals surface area (Å²) < 4.78 is 5.18. The molecule has 0 N–H and O–H groups in total. The topological polar surface area (TPSA) is 9.23 Å². The highest BCUT2D eigenvalue weighted by atomic mass is 32.1. The molecule has 0 atom stereocenters. The molecule has 0 heterocycles. The van der Waals surface area contributed by atoms with Gasteiger partial charge in [0.05, 0.1) is 7.11 Å². The van der Waals surface area contributed by atoms with Crippen LogP contribution in [0.3, 0.4) is 0 Å². The number of ether oxygens (including phenoxy) is 1. The van der Waals surface area contributed by atoms with E-state index < -0.39 is 0 Å². The number of thiol groups is 1. The Morgan fingerprint density at radius 2 is 2.15 bits per heavy atom. The van der Waals surface area contributed by atoms with Crippen molar-refractivity contribution in [2.24, 2.45) is 0 Å². The molecule has 0 unspecified atom stereocenters. The minimum atomic E-state index is 0.608.